The molecule has 0 aliphatic rings. The summed E-state index contributed by atoms with van der Waals surface area (Å²) in [5, 5.41) is 10.8. The molecule has 0 bridgehead atoms. The van der Waals surface area contributed by atoms with Gasteiger partial charge in [0.05, 0.1) is 19.1 Å². The lowest BCUT2D eigenvalue weighted by Crippen LogP contribution is -2.40. The van der Waals surface area contributed by atoms with Crippen LogP contribution in [0.1, 0.15) is 15.9 Å². The number of nitro groups is 1. The molecule has 2 aromatic carbocycles. The third-order valence-electron chi connectivity index (χ3n) is 3.54. The van der Waals surface area contributed by atoms with E-state index in [0.29, 0.717) is 17.1 Å². The monoisotopic (exact) mass is 405 g/mol. The molecular formula is C18H16ClN3O6. The summed E-state index contributed by atoms with van der Waals surface area (Å²) in [6.45, 7) is 0. The summed E-state index contributed by atoms with van der Waals surface area (Å²) in [6, 6.07) is 8.63. The van der Waals surface area contributed by atoms with E-state index in [4.69, 9.17) is 21.1 Å². The normalized spacial score (nSPS) is 10.4. The van der Waals surface area contributed by atoms with Crippen molar-refractivity contribution in [2.75, 3.05) is 14.2 Å². The second-order valence-electron chi connectivity index (χ2n) is 5.31. The topological polar surface area (TPSA) is 120 Å². The molecule has 0 saturated carbocycles. The Morgan fingerprint density at radius 3 is 2.43 bits per heavy atom. The summed E-state index contributed by atoms with van der Waals surface area (Å²) in [5.74, 6) is -0.282. The summed E-state index contributed by atoms with van der Waals surface area (Å²) in [4.78, 5) is 34.0. The van der Waals surface area contributed by atoms with Gasteiger partial charge in [0.1, 0.15) is 5.02 Å². The molecule has 0 atom stereocenters. The average Bonchev–Trinajstić information content (AvgIpc) is 2.70. The van der Waals surface area contributed by atoms with Gasteiger partial charge < -0.3 is 9.47 Å². The first kappa shape index (κ1) is 20.7. The summed E-state index contributed by atoms with van der Waals surface area (Å²) in [7, 11) is 3.01. The number of hydrogen-bond acceptors (Lipinski definition) is 6. The van der Waals surface area contributed by atoms with Gasteiger partial charge in [-0.1, -0.05) is 17.7 Å². The lowest BCUT2D eigenvalue weighted by molar-refractivity contribution is -0.384. The SMILES string of the molecule is COc1ccc(/C=C/C(=O)NNC(=O)c2ccc(Cl)c([N+](=O)[O-])c2)cc1OC. The number of halogens is 1. The Kier molecular flexibility index (Phi) is 6.94. The van der Waals surface area contributed by atoms with Gasteiger partial charge in [0, 0.05) is 17.7 Å². The van der Waals surface area contributed by atoms with Crippen molar-refractivity contribution in [3.8, 4) is 11.5 Å². The molecule has 0 radical (unpaired) electrons. The molecule has 2 N–H and O–H groups in total. The Balaban J connectivity index is 1.98. The first-order valence-electron chi connectivity index (χ1n) is 7.80. The lowest BCUT2D eigenvalue weighted by atomic mass is 10.2. The van der Waals surface area contributed by atoms with Crippen molar-refractivity contribution in [1.29, 1.82) is 0 Å². The zero-order valence-corrected chi connectivity index (χ0v) is 15.6. The van der Waals surface area contributed by atoms with Gasteiger partial charge in [-0.3, -0.25) is 30.6 Å². The molecule has 0 aliphatic carbocycles. The molecule has 28 heavy (non-hydrogen) atoms. The minimum absolute atomic E-state index is 0.0275. The van der Waals surface area contributed by atoms with Gasteiger partial charge in [0.15, 0.2) is 11.5 Å². The maximum absolute atomic E-state index is 12.0. The van der Waals surface area contributed by atoms with Crippen LogP contribution < -0.4 is 20.3 Å². The predicted molar refractivity (Wildman–Crippen MR) is 102 cm³/mol. The highest BCUT2D eigenvalue weighted by Crippen LogP contribution is 2.28. The summed E-state index contributed by atoms with van der Waals surface area (Å²) in [6.07, 6.45) is 2.71. The van der Waals surface area contributed by atoms with Crippen molar-refractivity contribution >= 4 is 35.2 Å². The van der Waals surface area contributed by atoms with Crippen molar-refractivity contribution in [3.63, 3.8) is 0 Å². The van der Waals surface area contributed by atoms with Crippen LogP contribution in [0.2, 0.25) is 5.02 Å². The van der Waals surface area contributed by atoms with E-state index in [-0.39, 0.29) is 10.6 Å². The van der Waals surface area contributed by atoms with E-state index in [2.05, 4.69) is 10.9 Å². The molecule has 2 rings (SSSR count). The molecule has 2 aromatic rings. The fourth-order valence-corrected chi connectivity index (χ4v) is 2.34. The third-order valence-corrected chi connectivity index (χ3v) is 3.86. The van der Waals surface area contributed by atoms with Crippen LogP contribution in [-0.2, 0) is 4.79 Å². The first-order chi connectivity index (χ1) is 13.3. The number of carbonyl (C=O) groups is 2. The second kappa shape index (κ2) is 9.38. The Morgan fingerprint density at radius 2 is 1.79 bits per heavy atom. The largest absolute Gasteiger partial charge is 0.493 e. The first-order valence-corrected chi connectivity index (χ1v) is 8.18. The number of ether oxygens (including phenoxy) is 2. The minimum Gasteiger partial charge on any atom is -0.493 e. The van der Waals surface area contributed by atoms with E-state index >= 15 is 0 Å². The molecule has 0 aliphatic heterocycles. The Bertz CT molecular complexity index is 945. The number of nitrogens with zero attached hydrogens (tertiary/aromatic N) is 1. The maximum atomic E-state index is 12.0. The fourth-order valence-electron chi connectivity index (χ4n) is 2.15. The molecule has 0 fully saturated rings. The molecule has 0 spiro atoms. The van der Waals surface area contributed by atoms with Gasteiger partial charge >= 0.3 is 0 Å². The molecule has 0 unspecified atom stereocenters. The highest BCUT2D eigenvalue weighted by atomic mass is 35.5. The summed E-state index contributed by atoms with van der Waals surface area (Å²) >= 11 is 5.69. The Labute approximate surface area is 165 Å². The maximum Gasteiger partial charge on any atom is 0.288 e. The molecule has 9 nitrogen and oxygen atoms in total. The number of rotatable bonds is 6. The number of carbonyl (C=O) groups excluding carboxylic acids is 2. The molecule has 146 valence electrons. The third kappa shape index (κ3) is 5.21. The number of hydrogen-bond donors (Lipinski definition) is 2. The van der Waals surface area contributed by atoms with Crippen molar-refractivity contribution in [2.24, 2.45) is 0 Å². The molecule has 0 aromatic heterocycles. The van der Waals surface area contributed by atoms with Gasteiger partial charge in [-0.2, -0.15) is 0 Å². The Morgan fingerprint density at radius 1 is 1.07 bits per heavy atom. The fraction of sp³-hybridized carbons (Fsp3) is 0.111. The minimum atomic E-state index is -0.729. The van der Waals surface area contributed by atoms with E-state index in [1.165, 1.54) is 38.5 Å². The van der Waals surface area contributed by atoms with Crippen LogP contribution in [0.3, 0.4) is 0 Å². The predicted octanol–water partition coefficient (Wildman–Crippen LogP) is 2.74. The summed E-state index contributed by atoms with van der Waals surface area (Å²) in [5.41, 5.74) is 4.58. The standard InChI is InChI=1S/C18H16ClN3O6/c1-27-15-7-3-11(9-16(15)28-2)4-8-17(23)20-21-18(24)12-5-6-13(19)14(10-12)22(25)26/h3-10H,1-2H3,(H,20,23)(H,21,24)/b8-4+. The van der Waals surface area contributed by atoms with Crippen LogP contribution in [-0.4, -0.2) is 31.0 Å². The smallest absolute Gasteiger partial charge is 0.288 e. The molecule has 10 heteroatoms. The van der Waals surface area contributed by atoms with Crippen LogP contribution in [0.5, 0.6) is 11.5 Å². The van der Waals surface area contributed by atoms with Gasteiger partial charge in [0.25, 0.3) is 17.5 Å². The highest BCUT2D eigenvalue weighted by Gasteiger charge is 2.16. The van der Waals surface area contributed by atoms with Crippen LogP contribution in [0.4, 0.5) is 5.69 Å². The number of methoxy groups -OCH3 is 2. The van der Waals surface area contributed by atoms with Crippen molar-refractivity contribution < 1.29 is 24.0 Å². The van der Waals surface area contributed by atoms with Crippen LogP contribution in [0.15, 0.2) is 42.5 Å². The van der Waals surface area contributed by atoms with Gasteiger partial charge in [-0.25, -0.2) is 0 Å². The quantitative estimate of drug-likeness (QED) is 0.433. The van der Waals surface area contributed by atoms with Crippen LogP contribution in [0, 0.1) is 10.1 Å². The van der Waals surface area contributed by atoms with E-state index in [0.717, 1.165) is 6.07 Å². The van der Waals surface area contributed by atoms with E-state index in [1.54, 1.807) is 18.2 Å². The van der Waals surface area contributed by atoms with Gasteiger partial charge in [0.2, 0.25) is 0 Å². The number of benzene rings is 2. The van der Waals surface area contributed by atoms with Crippen LogP contribution >= 0.6 is 11.6 Å². The average molecular weight is 406 g/mol. The van der Waals surface area contributed by atoms with Crippen molar-refractivity contribution in [1.82, 2.24) is 10.9 Å². The molecule has 0 saturated heterocycles. The molecule has 0 heterocycles. The number of nitrogens with one attached hydrogen (secondary N) is 2. The zero-order valence-electron chi connectivity index (χ0n) is 14.9. The van der Waals surface area contributed by atoms with Gasteiger partial charge in [-0.05, 0) is 35.9 Å². The number of nitro benzene ring substituents is 1. The molecular weight excluding hydrogens is 390 g/mol. The lowest BCUT2D eigenvalue weighted by Gasteiger charge is -2.08. The van der Waals surface area contributed by atoms with Crippen LogP contribution in [0.25, 0.3) is 6.08 Å². The van der Waals surface area contributed by atoms with E-state index < -0.39 is 22.4 Å². The summed E-state index contributed by atoms with van der Waals surface area (Å²) < 4.78 is 10.3. The Hall–Kier alpha value is -3.59. The number of amides is 2. The zero-order chi connectivity index (χ0) is 20.7. The van der Waals surface area contributed by atoms with E-state index in [9.17, 15) is 19.7 Å². The van der Waals surface area contributed by atoms with Crippen molar-refractivity contribution in [2.45, 2.75) is 0 Å². The van der Waals surface area contributed by atoms with Crippen molar-refractivity contribution in [3.05, 3.63) is 68.7 Å². The molecule has 2 amide bonds. The van der Waals surface area contributed by atoms with E-state index in [1.807, 2.05) is 0 Å². The number of hydrazine groups is 1. The second-order valence-corrected chi connectivity index (χ2v) is 5.72. The highest BCUT2D eigenvalue weighted by molar-refractivity contribution is 6.32. The van der Waals surface area contributed by atoms with Gasteiger partial charge in [-0.15, -0.1) is 0 Å².